The molecule has 2 saturated heterocycles. The Bertz CT molecular complexity index is 1770. The molecule has 2 fully saturated rings. The molecule has 0 saturated carbocycles. The van der Waals surface area contributed by atoms with Crippen LogP contribution in [0.3, 0.4) is 0 Å². The number of aromatic nitrogens is 2. The number of thioether (sulfide) groups is 1. The molecule has 6 N–H and O–H groups in total. The van der Waals surface area contributed by atoms with E-state index in [-0.39, 0.29) is 35.7 Å². The van der Waals surface area contributed by atoms with E-state index in [1.54, 1.807) is 19.2 Å². The van der Waals surface area contributed by atoms with Crippen LogP contribution in [0.5, 0.6) is 11.5 Å². The van der Waals surface area contributed by atoms with E-state index >= 15 is 0 Å². The molecular formula is C43H62FN7O5S. The fourth-order valence-corrected chi connectivity index (χ4v) is 8.88. The molecule has 57 heavy (non-hydrogen) atoms. The third-order valence-corrected chi connectivity index (χ3v) is 12.4. The maximum absolute atomic E-state index is 13.7. The Morgan fingerprint density at radius 2 is 1.75 bits per heavy atom. The van der Waals surface area contributed by atoms with E-state index in [1.807, 2.05) is 23.9 Å². The minimum Gasteiger partial charge on any atom is -0.493 e. The van der Waals surface area contributed by atoms with E-state index in [2.05, 4.69) is 57.6 Å². The molecule has 1 aliphatic carbocycles. The zero-order valence-corrected chi connectivity index (χ0v) is 34.9. The lowest BCUT2D eigenvalue weighted by molar-refractivity contribution is -0.121. The van der Waals surface area contributed by atoms with Crippen molar-refractivity contribution < 1.29 is 28.2 Å². The number of H-pyrrole nitrogens is 1. The monoisotopic (exact) mass is 807 g/mol. The summed E-state index contributed by atoms with van der Waals surface area (Å²) in [4.78, 5) is 36.0. The SMILES string of the molecule is CCCCC(C)CC.COc1cc2c(cc1OCCCNC(=O)CCCCNC(=O)CCCCC1SCC3NC(=O)NC31)Cc1c(Nc3cccc(F)c3)n[nH]c1-2. The van der Waals surface area contributed by atoms with Gasteiger partial charge in [-0.25, -0.2) is 9.18 Å². The number of anilines is 2. The highest BCUT2D eigenvalue weighted by Gasteiger charge is 2.42. The van der Waals surface area contributed by atoms with E-state index in [0.717, 1.165) is 59.7 Å². The molecule has 0 bridgehead atoms. The second kappa shape index (κ2) is 22.5. The number of hydrogen-bond acceptors (Lipinski definition) is 8. The summed E-state index contributed by atoms with van der Waals surface area (Å²) in [5.74, 6) is 3.51. The van der Waals surface area contributed by atoms with Crippen LogP contribution in [0, 0.1) is 11.7 Å². The number of rotatable bonds is 22. The zero-order chi connectivity index (χ0) is 40.6. The summed E-state index contributed by atoms with van der Waals surface area (Å²) in [6.07, 6.45) is 12.0. The molecule has 312 valence electrons. The number of methoxy groups -OCH3 is 1. The van der Waals surface area contributed by atoms with E-state index in [9.17, 15) is 18.8 Å². The lowest BCUT2D eigenvalue weighted by atomic mass is 10.0. The average Bonchev–Trinajstić information content (AvgIpc) is 3.97. The van der Waals surface area contributed by atoms with Gasteiger partial charge in [0.2, 0.25) is 11.8 Å². The Labute approximate surface area is 341 Å². The van der Waals surface area contributed by atoms with Crippen LogP contribution in [0.1, 0.15) is 109 Å². The molecule has 6 rings (SSSR count). The van der Waals surface area contributed by atoms with Gasteiger partial charge in [-0.2, -0.15) is 16.9 Å². The summed E-state index contributed by atoms with van der Waals surface area (Å²) in [7, 11) is 1.60. The Morgan fingerprint density at radius 1 is 0.982 bits per heavy atom. The third kappa shape index (κ3) is 13.0. The van der Waals surface area contributed by atoms with E-state index in [0.29, 0.717) is 80.1 Å². The van der Waals surface area contributed by atoms with Crippen LogP contribution >= 0.6 is 11.8 Å². The van der Waals surface area contributed by atoms with Crippen molar-refractivity contribution >= 4 is 41.1 Å². The standard InChI is InChI=1S/C35H44FN7O5S.C8H18/c1-47-27-19-24-21(16-25-32(24)42-43-34(25)39-23-9-6-8-22(36)18-23)17-28(27)48-15-7-14-38-31(45)12-4-5-13-37-30(44)11-3-2-10-29-33-26(20-49-29)40-35(46)41-33;1-4-6-7-8(3)5-2/h6,8-9,17-19,26,29,33H,2-5,7,10-16,20H2,1H3,(H,37,44)(H,38,45)(H2,39,42,43)(H2,40,41,46);8H,4-7H2,1-3H3. The van der Waals surface area contributed by atoms with Crippen LogP contribution in [-0.4, -0.2) is 77.9 Å². The normalized spacial score (nSPS) is 17.9. The molecule has 2 aliphatic heterocycles. The summed E-state index contributed by atoms with van der Waals surface area (Å²) in [5, 5.41) is 23.0. The molecule has 14 heteroatoms. The summed E-state index contributed by atoms with van der Waals surface area (Å²) < 4.78 is 25.3. The molecule has 4 unspecified atom stereocenters. The average molecular weight is 808 g/mol. The molecule has 4 amide bonds. The van der Waals surface area contributed by atoms with Crippen molar-refractivity contribution in [2.45, 2.75) is 122 Å². The Morgan fingerprint density at radius 3 is 2.49 bits per heavy atom. The van der Waals surface area contributed by atoms with Crippen LogP contribution in [0.2, 0.25) is 0 Å². The number of benzene rings is 2. The molecule has 3 heterocycles. The molecule has 3 aromatic rings. The molecule has 3 aliphatic rings. The molecule has 0 radical (unpaired) electrons. The highest BCUT2D eigenvalue weighted by Crippen LogP contribution is 2.44. The quantitative estimate of drug-likeness (QED) is 0.0345. The summed E-state index contributed by atoms with van der Waals surface area (Å²) in [5.41, 5.74) is 4.57. The van der Waals surface area contributed by atoms with Gasteiger partial charge >= 0.3 is 6.03 Å². The minimum atomic E-state index is -0.319. The highest BCUT2D eigenvalue weighted by molar-refractivity contribution is 8.00. The van der Waals surface area contributed by atoms with E-state index in [1.165, 1.54) is 37.8 Å². The lowest BCUT2D eigenvalue weighted by Crippen LogP contribution is -2.36. The number of carbonyl (C=O) groups excluding carboxylic acids is 3. The smallest absolute Gasteiger partial charge is 0.315 e. The first-order chi connectivity index (χ1) is 27.7. The number of unbranched alkanes of at least 4 members (excludes halogenated alkanes) is 3. The van der Waals surface area contributed by atoms with Crippen molar-refractivity contribution in [1.82, 2.24) is 31.5 Å². The van der Waals surface area contributed by atoms with Gasteiger partial charge in [0.1, 0.15) is 5.82 Å². The van der Waals surface area contributed by atoms with Gasteiger partial charge in [0.05, 0.1) is 31.5 Å². The van der Waals surface area contributed by atoms with Crippen molar-refractivity contribution in [1.29, 1.82) is 0 Å². The minimum absolute atomic E-state index is 0.0143. The van der Waals surface area contributed by atoms with Crippen molar-refractivity contribution in [2.75, 3.05) is 37.9 Å². The van der Waals surface area contributed by atoms with Gasteiger partial charge in [-0.3, -0.25) is 14.7 Å². The summed E-state index contributed by atoms with van der Waals surface area (Å²) >= 11 is 1.89. The number of carbonyl (C=O) groups is 3. The number of fused-ring (bicyclic) bond motifs is 4. The topological polar surface area (TPSA) is 158 Å². The molecule has 2 aromatic carbocycles. The van der Waals surface area contributed by atoms with E-state index in [4.69, 9.17) is 9.47 Å². The predicted molar refractivity (Wildman–Crippen MR) is 226 cm³/mol. The summed E-state index contributed by atoms with van der Waals surface area (Å²) in [6.45, 7) is 8.32. The summed E-state index contributed by atoms with van der Waals surface area (Å²) in [6, 6.07) is 10.6. The molecule has 4 atom stereocenters. The number of aromatic amines is 1. The fraction of sp³-hybridized carbons (Fsp3) is 0.581. The van der Waals surface area contributed by atoms with Crippen LogP contribution in [0.25, 0.3) is 11.3 Å². The van der Waals surface area contributed by atoms with E-state index < -0.39 is 0 Å². The Hall–Kier alpha value is -4.46. The molecular weight excluding hydrogens is 746 g/mol. The van der Waals surface area contributed by atoms with Gasteiger partial charge < -0.3 is 36.1 Å². The second-order valence-electron chi connectivity index (χ2n) is 15.3. The van der Waals surface area contributed by atoms with Gasteiger partial charge in [0.15, 0.2) is 17.3 Å². The Kier molecular flexibility index (Phi) is 17.2. The zero-order valence-electron chi connectivity index (χ0n) is 34.1. The number of nitrogens with zero attached hydrogens (tertiary/aromatic N) is 1. The maximum atomic E-state index is 13.7. The van der Waals surface area contributed by atoms with Crippen LogP contribution in [0.4, 0.5) is 20.7 Å². The third-order valence-electron chi connectivity index (χ3n) is 10.9. The Balaban J connectivity index is 0.000000701. The number of amides is 4. The highest BCUT2D eigenvalue weighted by atomic mass is 32.2. The van der Waals surface area contributed by atoms with Crippen molar-refractivity contribution in [3.05, 3.63) is 53.3 Å². The van der Waals surface area contributed by atoms with Crippen LogP contribution in [-0.2, 0) is 16.0 Å². The molecule has 0 spiro atoms. The molecule has 12 nitrogen and oxygen atoms in total. The van der Waals surface area contributed by atoms with Crippen molar-refractivity contribution in [3.8, 4) is 22.8 Å². The van der Waals surface area contributed by atoms with Gasteiger partial charge in [0, 0.05) is 60.2 Å². The lowest BCUT2D eigenvalue weighted by Gasteiger charge is -2.16. The maximum Gasteiger partial charge on any atom is 0.315 e. The van der Waals surface area contributed by atoms with Gasteiger partial charge in [-0.1, -0.05) is 58.9 Å². The van der Waals surface area contributed by atoms with Crippen molar-refractivity contribution in [3.63, 3.8) is 0 Å². The number of halogens is 1. The number of ether oxygens (including phenoxy) is 2. The first-order valence-electron chi connectivity index (χ1n) is 20.8. The van der Waals surface area contributed by atoms with Crippen molar-refractivity contribution in [2.24, 2.45) is 5.92 Å². The fourth-order valence-electron chi connectivity index (χ4n) is 7.34. The molecule has 1 aromatic heterocycles. The van der Waals surface area contributed by atoms with Crippen LogP contribution < -0.4 is 36.1 Å². The number of hydrogen-bond donors (Lipinski definition) is 6. The number of urea groups is 1. The van der Waals surface area contributed by atoms with Crippen LogP contribution in [0.15, 0.2) is 36.4 Å². The first-order valence-corrected chi connectivity index (χ1v) is 21.9. The van der Waals surface area contributed by atoms with Gasteiger partial charge in [-0.15, -0.1) is 0 Å². The predicted octanol–water partition coefficient (Wildman–Crippen LogP) is 7.99. The van der Waals surface area contributed by atoms with Gasteiger partial charge in [0.25, 0.3) is 0 Å². The van der Waals surface area contributed by atoms with Gasteiger partial charge in [-0.05, 0) is 73.9 Å². The first kappa shape index (κ1) is 43.7. The number of nitrogens with one attached hydrogen (secondary N) is 6. The second-order valence-corrected chi connectivity index (χ2v) is 16.6. The largest absolute Gasteiger partial charge is 0.493 e.